The van der Waals surface area contributed by atoms with Crippen LogP contribution in [0.5, 0.6) is 0 Å². The Kier molecular flexibility index (Phi) is 6.48. The molecule has 1 aromatic carbocycles. The third-order valence-corrected chi connectivity index (χ3v) is 6.14. The van der Waals surface area contributed by atoms with Crippen LogP contribution in [0.4, 0.5) is 26.3 Å². The molecule has 0 aliphatic carbocycles. The van der Waals surface area contributed by atoms with Gasteiger partial charge in [-0.05, 0) is 30.2 Å². The van der Waals surface area contributed by atoms with Gasteiger partial charge in [0.1, 0.15) is 17.0 Å². The van der Waals surface area contributed by atoms with Crippen LogP contribution in [0.25, 0.3) is 0 Å². The van der Waals surface area contributed by atoms with E-state index in [1.165, 1.54) is 0 Å². The number of hydrogen-bond acceptors (Lipinski definition) is 4. The van der Waals surface area contributed by atoms with Crippen molar-refractivity contribution in [3.8, 4) is 6.07 Å². The van der Waals surface area contributed by atoms with Crippen LogP contribution in [-0.4, -0.2) is 30.4 Å². The first-order valence-corrected chi connectivity index (χ1v) is 9.79. The molecule has 1 heterocycles. The average Bonchev–Trinajstić information content (AvgIpc) is 2.63. The summed E-state index contributed by atoms with van der Waals surface area (Å²) < 4.78 is 107. The number of benzene rings is 1. The van der Waals surface area contributed by atoms with E-state index in [0.717, 1.165) is 32.3 Å². The van der Waals surface area contributed by atoms with Gasteiger partial charge in [0, 0.05) is 18.9 Å². The highest BCUT2D eigenvalue weighted by Gasteiger charge is 2.49. The number of nitrogens with zero attached hydrogens (tertiary/aromatic N) is 3. The zero-order chi connectivity index (χ0) is 22.9. The first kappa shape index (κ1) is 23.6. The van der Waals surface area contributed by atoms with E-state index in [2.05, 4.69) is 4.98 Å². The van der Waals surface area contributed by atoms with Crippen LogP contribution >= 0.6 is 0 Å². The van der Waals surface area contributed by atoms with Crippen LogP contribution in [0.3, 0.4) is 0 Å². The van der Waals surface area contributed by atoms with E-state index in [0.29, 0.717) is 18.2 Å². The first-order valence-electron chi connectivity index (χ1n) is 8.35. The van der Waals surface area contributed by atoms with E-state index in [1.807, 2.05) is 0 Å². The number of alkyl halides is 6. The van der Waals surface area contributed by atoms with Crippen molar-refractivity contribution in [3.63, 3.8) is 0 Å². The predicted molar refractivity (Wildman–Crippen MR) is 93.5 cm³/mol. The Balaban J connectivity index is 2.65. The van der Waals surface area contributed by atoms with Crippen molar-refractivity contribution in [1.82, 2.24) is 9.29 Å². The van der Waals surface area contributed by atoms with Gasteiger partial charge in [0.15, 0.2) is 0 Å². The number of nitriles is 1. The standard InChI is InChI=1S/C18H15F6N3O2S/c1-3-27(30(28,29)14-7-12(8-25)9-26-10-14)16(18(22,23)24)13-4-5-15(11(2)6-13)17(19,20)21/h4-7,9-10,16H,3H2,1-2H3. The molecule has 0 spiro atoms. The molecule has 162 valence electrons. The van der Waals surface area contributed by atoms with Crippen LogP contribution in [0.15, 0.2) is 41.6 Å². The molecule has 5 nitrogen and oxygen atoms in total. The van der Waals surface area contributed by atoms with Crippen LogP contribution in [0, 0.1) is 18.3 Å². The molecule has 1 aromatic heterocycles. The molecule has 30 heavy (non-hydrogen) atoms. The molecule has 0 aliphatic rings. The summed E-state index contributed by atoms with van der Waals surface area (Å²) in [4.78, 5) is 2.91. The number of aryl methyl sites for hydroxylation is 1. The molecule has 0 N–H and O–H groups in total. The van der Waals surface area contributed by atoms with Gasteiger partial charge in [0.2, 0.25) is 10.0 Å². The fourth-order valence-corrected chi connectivity index (χ4v) is 4.54. The van der Waals surface area contributed by atoms with Crippen LogP contribution in [0.1, 0.15) is 35.2 Å². The quantitative estimate of drug-likeness (QED) is 0.623. The summed E-state index contributed by atoms with van der Waals surface area (Å²) in [5.41, 5.74) is -2.44. The van der Waals surface area contributed by atoms with Gasteiger partial charge in [-0.2, -0.15) is 35.9 Å². The fraction of sp³-hybridized carbons (Fsp3) is 0.333. The lowest BCUT2D eigenvalue weighted by atomic mass is 9.99. The molecule has 12 heteroatoms. The molecule has 0 saturated heterocycles. The van der Waals surface area contributed by atoms with Gasteiger partial charge in [0.25, 0.3) is 0 Å². The Bertz CT molecular complexity index is 1070. The van der Waals surface area contributed by atoms with Crippen LogP contribution in [-0.2, 0) is 16.2 Å². The van der Waals surface area contributed by atoms with Crippen molar-refractivity contribution in [2.24, 2.45) is 0 Å². The summed E-state index contributed by atoms with van der Waals surface area (Å²) in [5.74, 6) is 0. The summed E-state index contributed by atoms with van der Waals surface area (Å²) in [5, 5.41) is 8.89. The summed E-state index contributed by atoms with van der Waals surface area (Å²) >= 11 is 0. The Labute approximate surface area is 168 Å². The maximum absolute atomic E-state index is 13.9. The van der Waals surface area contributed by atoms with E-state index in [-0.39, 0.29) is 9.87 Å². The van der Waals surface area contributed by atoms with Gasteiger partial charge < -0.3 is 0 Å². The zero-order valence-corrected chi connectivity index (χ0v) is 16.4. The van der Waals surface area contributed by atoms with Crippen LogP contribution in [0.2, 0.25) is 0 Å². The van der Waals surface area contributed by atoms with Crippen molar-refractivity contribution in [2.75, 3.05) is 6.54 Å². The molecular weight excluding hydrogens is 436 g/mol. The lowest BCUT2D eigenvalue weighted by Crippen LogP contribution is -2.42. The molecule has 0 aliphatic heterocycles. The highest BCUT2D eigenvalue weighted by molar-refractivity contribution is 7.89. The Morgan fingerprint density at radius 1 is 1.13 bits per heavy atom. The minimum absolute atomic E-state index is 0.118. The van der Waals surface area contributed by atoms with Gasteiger partial charge in [-0.3, -0.25) is 4.98 Å². The van der Waals surface area contributed by atoms with Gasteiger partial charge >= 0.3 is 12.4 Å². The summed E-state index contributed by atoms with van der Waals surface area (Å²) in [6.45, 7) is 1.52. The number of hydrogen-bond donors (Lipinski definition) is 0. The topological polar surface area (TPSA) is 74.1 Å². The molecule has 0 bridgehead atoms. The molecule has 1 unspecified atom stereocenters. The Morgan fingerprint density at radius 3 is 2.23 bits per heavy atom. The Morgan fingerprint density at radius 2 is 1.77 bits per heavy atom. The molecule has 0 amide bonds. The summed E-state index contributed by atoms with van der Waals surface area (Å²) in [6, 6.07) is 1.54. The van der Waals surface area contributed by atoms with E-state index in [1.54, 1.807) is 6.07 Å². The van der Waals surface area contributed by atoms with E-state index in [9.17, 15) is 34.8 Å². The molecule has 1 atom stereocenters. The second-order valence-corrected chi connectivity index (χ2v) is 8.14. The fourth-order valence-electron chi connectivity index (χ4n) is 2.94. The summed E-state index contributed by atoms with van der Waals surface area (Å²) in [6.07, 6.45) is -8.06. The second kappa shape index (κ2) is 8.23. The van der Waals surface area contributed by atoms with Crippen molar-refractivity contribution in [2.45, 2.75) is 37.1 Å². The molecule has 0 saturated carbocycles. The number of halogens is 6. The molecule has 2 rings (SSSR count). The smallest absolute Gasteiger partial charge is 0.262 e. The number of aromatic nitrogens is 1. The van der Waals surface area contributed by atoms with Gasteiger partial charge in [-0.1, -0.05) is 19.1 Å². The van der Waals surface area contributed by atoms with Crippen molar-refractivity contribution in [1.29, 1.82) is 5.26 Å². The van der Waals surface area contributed by atoms with Gasteiger partial charge in [-0.15, -0.1) is 0 Å². The lowest BCUT2D eigenvalue weighted by molar-refractivity contribution is -0.173. The van der Waals surface area contributed by atoms with Crippen molar-refractivity contribution >= 4 is 10.0 Å². The monoisotopic (exact) mass is 451 g/mol. The zero-order valence-electron chi connectivity index (χ0n) is 15.6. The minimum Gasteiger partial charge on any atom is -0.262 e. The lowest BCUT2D eigenvalue weighted by Gasteiger charge is -2.32. The van der Waals surface area contributed by atoms with Crippen molar-refractivity contribution < 1.29 is 34.8 Å². The molecule has 2 aromatic rings. The van der Waals surface area contributed by atoms with Crippen LogP contribution < -0.4 is 0 Å². The molecule has 0 radical (unpaired) electrons. The largest absolute Gasteiger partial charge is 0.416 e. The normalized spacial score (nSPS) is 13.9. The third kappa shape index (κ3) is 4.73. The van der Waals surface area contributed by atoms with Gasteiger partial charge in [0.05, 0.1) is 11.1 Å². The SMILES string of the molecule is CCN(C(c1ccc(C(F)(F)F)c(C)c1)C(F)(F)F)S(=O)(=O)c1cncc(C#N)c1. The van der Waals surface area contributed by atoms with Gasteiger partial charge in [-0.25, -0.2) is 8.42 Å². The maximum atomic E-state index is 13.9. The third-order valence-electron chi connectivity index (χ3n) is 4.23. The van der Waals surface area contributed by atoms with E-state index < -0.39 is 56.5 Å². The van der Waals surface area contributed by atoms with E-state index >= 15 is 0 Å². The predicted octanol–water partition coefficient (Wildman–Crippen LogP) is 4.59. The number of rotatable bonds is 5. The van der Waals surface area contributed by atoms with Crippen molar-refractivity contribution in [3.05, 3.63) is 58.9 Å². The molecule has 0 fully saturated rings. The Hall–Kier alpha value is -2.65. The number of sulfonamides is 1. The maximum Gasteiger partial charge on any atom is 0.416 e. The minimum atomic E-state index is -5.13. The number of pyridine rings is 1. The first-order chi connectivity index (χ1) is 13.7. The highest BCUT2D eigenvalue weighted by Crippen LogP contribution is 2.42. The second-order valence-electron chi connectivity index (χ2n) is 6.25. The summed E-state index contributed by atoms with van der Waals surface area (Å²) in [7, 11) is -4.79. The molecular formula is C18H15F6N3O2S. The average molecular weight is 451 g/mol. The van der Waals surface area contributed by atoms with E-state index in [4.69, 9.17) is 5.26 Å². The highest BCUT2D eigenvalue weighted by atomic mass is 32.2.